The van der Waals surface area contributed by atoms with Crippen molar-refractivity contribution in [2.24, 2.45) is 5.73 Å². The van der Waals surface area contributed by atoms with Gasteiger partial charge in [0.1, 0.15) is 0 Å². The second kappa shape index (κ2) is 6.46. The highest BCUT2D eigenvalue weighted by atomic mass is 79.9. The molecule has 0 amide bonds. The summed E-state index contributed by atoms with van der Waals surface area (Å²) in [6, 6.07) is 7.49. The molecule has 1 aromatic rings. The van der Waals surface area contributed by atoms with Crippen LogP contribution in [0.15, 0.2) is 22.7 Å². The summed E-state index contributed by atoms with van der Waals surface area (Å²) >= 11 is 3.68. The molecule has 0 aromatic heterocycles. The number of benzene rings is 1. The van der Waals surface area contributed by atoms with Crippen molar-refractivity contribution in [3.8, 4) is 0 Å². The largest absolute Gasteiger partial charge is 0.370 e. The predicted octanol–water partition coefficient (Wildman–Crippen LogP) is 2.62. The van der Waals surface area contributed by atoms with Gasteiger partial charge in [0.15, 0.2) is 0 Å². The van der Waals surface area contributed by atoms with Crippen LogP contribution in [0.5, 0.6) is 0 Å². The summed E-state index contributed by atoms with van der Waals surface area (Å²) in [4.78, 5) is 5.21. The molecule has 4 heteroatoms. The van der Waals surface area contributed by atoms with Gasteiger partial charge in [-0.15, -0.1) is 0 Å². The van der Waals surface area contributed by atoms with E-state index in [1.807, 2.05) is 0 Å². The molecule has 2 fully saturated rings. The van der Waals surface area contributed by atoms with Crippen molar-refractivity contribution >= 4 is 21.6 Å². The molecule has 1 aromatic carbocycles. The average Bonchev–Trinajstić information content (AvgIpc) is 3.11. The van der Waals surface area contributed by atoms with Crippen LogP contribution >= 0.6 is 15.9 Å². The lowest BCUT2D eigenvalue weighted by molar-refractivity contribution is 0.260. The first-order chi connectivity index (χ1) is 9.78. The van der Waals surface area contributed by atoms with Crippen LogP contribution in [0, 0.1) is 0 Å². The van der Waals surface area contributed by atoms with Gasteiger partial charge in [0, 0.05) is 29.3 Å². The molecule has 110 valence electrons. The normalized spacial score (nSPS) is 23.7. The highest BCUT2D eigenvalue weighted by Gasteiger charge is 2.29. The average molecular weight is 338 g/mol. The molecule has 2 N–H and O–H groups in total. The van der Waals surface area contributed by atoms with Crippen LogP contribution in [-0.4, -0.2) is 43.7 Å². The summed E-state index contributed by atoms with van der Waals surface area (Å²) in [5.41, 5.74) is 8.30. The molecule has 20 heavy (non-hydrogen) atoms. The summed E-state index contributed by atoms with van der Waals surface area (Å²) in [6.45, 7) is 5.68. The number of rotatable bonds is 4. The molecule has 0 aliphatic carbocycles. The van der Waals surface area contributed by atoms with Crippen LogP contribution in [0.1, 0.15) is 24.8 Å². The summed E-state index contributed by atoms with van der Waals surface area (Å²) in [5, 5.41) is 0. The Morgan fingerprint density at radius 3 is 2.70 bits per heavy atom. The lowest BCUT2D eigenvalue weighted by atomic mass is 10.1. The Balaban J connectivity index is 1.66. The maximum atomic E-state index is 5.64. The van der Waals surface area contributed by atoms with Gasteiger partial charge in [-0.25, -0.2) is 0 Å². The number of likely N-dealkylation sites (tertiary alicyclic amines) is 1. The predicted molar refractivity (Wildman–Crippen MR) is 88.3 cm³/mol. The van der Waals surface area contributed by atoms with Gasteiger partial charge in [0.05, 0.1) is 0 Å². The second-order valence-corrected chi connectivity index (χ2v) is 6.80. The van der Waals surface area contributed by atoms with Crippen LogP contribution in [0.25, 0.3) is 0 Å². The maximum absolute atomic E-state index is 5.64. The first-order valence-corrected chi connectivity index (χ1v) is 8.55. The third-order valence-corrected chi connectivity index (χ3v) is 5.37. The maximum Gasteiger partial charge on any atom is 0.0378 e. The van der Waals surface area contributed by atoms with E-state index < -0.39 is 0 Å². The number of nitrogens with zero attached hydrogens (tertiary/aromatic N) is 2. The van der Waals surface area contributed by atoms with Crippen LogP contribution in [0.2, 0.25) is 0 Å². The van der Waals surface area contributed by atoms with E-state index in [-0.39, 0.29) is 0 Å². The Bertz CT molecular complexity index is 457. The van der Waals surface area contributed by atoms with Crippen molar-refractivity contribution in [2.45, 2.75) is 31.7 Å². The lowest BCUT2D eigenvalue weighted by Crippen LogP contribution is -2.35. The minimum atomic E-state index is 0.707. The molecular weight excluding hydrogens is 314 g/mol. The van der Waals surface area contributed by atoms with E-state index in [0.29, 0.717) is 6.54 Å². The molecule has 3 rings (SSSR count). The quantitative estimate of drug-likeness (QED) is 0.916. The standard InChI is InChI=1S/C16H24BrN3/c17-16-11-14(4-3-13(16)5-7-18)20-10-6-15(12-20)19-8-1-2-9-19/h3-4,11,15H,1-2,5-10,12,18H2. The van der Waals surface area contributed by atoms with Crippen molar-refractivity contribution in [2.75, 3.05) is 37.6 Å². The monoisotopic (exact) mass is 337 g/mol. The summed E-state index contributed by atoms with van der Waals surface area (Å²) in [6.07, 6.45) is 5.02. The molecule has 2 aliphatic heterocycles. The van der Waals surface area contributed by atoms with E-state index in [4.69, 9.17) is 5.73 Å². The third-order valence-electron chi connectivity index (χ3n) is 4.64. The fourth-order valence-corrected chi connectivity index (χ4v) is 4.04. The van der Waals surface area contributed by atoms with Gasteiger partial charge >= 0.3 is 0 Å². The van der Waals surface area contributed by atoms with E-state index in [0.717, 1.165) is 12.5 Å². The summed E-state index contributed by atoms with van der Waals surface area (Å²) in [7, 11) is 0. The van der Waals surface area contributed by atoms with E-state index >= 15 is 0 Å². The fourth-order valence-electron chi connectivity index (χ4n) is 3.47. The van der Waals surface area contributed by atoms with Crippen LogP contribution in [0.3, 0.4) is 0 Å². The van der Waals surface area contributed by atoms with E-state index in [1.165, 1.54) is 61.2 Å². The van der Waals surface area contributed by atoms with Gasteiger partial charge in [0.2, 0.25) is 0 Å². The number of nitrogens with two attached hydrogens (primary N) is 1. The Kier molecular flexibility index (Phi) is 4.64. The van der Waals surface area contributed by atoms with Crippen molar-refractivity contribution in [1.82, 2.24) is 4.90 Å². The zero-order chi connectivity index (χ0) is 13.9. The number of anilines is 1. The molecule has 2 aliphatic rings. The zero-order valence-corrected chi connectivity index (χ0v) is 13.6. The highest BCUT2D eigenvalue weighted by molar-refractivity contribution is 9.10. The molecule has 0 spiro atoms. The van der Waals surface area contributed by atoms with Gasteiger partial charge in [-0.3, -0.25) is 4.90 Å². The Hall–Kier alpha value is -0.580. The molecule has 0 bridgehead atoms. The van der Waals surface area contributed by atoms with E-state index in [9.17, 15) is 0 Å². The Morgan fingerprint density at radius 2 is 2.00 bits per heavy atom. The third kappa shape index (κ3) is 3.02. The smallest absolute Gasteiger partial charge is 0.0378 e. The number of hydrogen-bond acceptors (Lipinski definition) is 3. The van der Waals surface area contributed by atoms with Crippen LogP contribution in [-0.2, 0) is 6.42 Å². The molecule has 2 saturated heterocycles. The topological polar surface area (TPSA) is 32.5 Å². The zero-order valence-electron chi connectivity index (χ0n) is 12.0. The fraction of sp³-hybridized carbons (Fsp3) is 0.625. The van der Waals surface area contributed by atoms with E-state index in [2.05, 4.69) is 43.9 Å². The summed E-state index contributed by atoms with van der Waals surface area (Å²) < 4.78 is 1.20. The summed E-state index contributed by atoms with van der Waals surface area (Å²) in [5.74, 6) is 0. The number of hydrogen-bond donors (Lipinski definition) is 1. The molecular formula is C16H24BrN3. The van der Waals surface area contributed by atoms with Gasteiger partial charge in [-0.05, 0) is 63.0 Å². The molecule has 1 atom stereocenters. The first kappa shape index (κ1) is 14.4. The second-order valence-electron chi connectivity index (χ2n) is 5.95. The minimum absolute atomic E-state index is 0.707. The lowest BCUT2D eigenvalue weighted by Gasteiger charge is -2.24. The van der Waals surface area contributed by atoms with Gasteiger partial charge in [-0.1, -0.05) is 22.0 Å². The Morgan fingerprint density at radius 1 is 1.20 bits per heavy atom. The molecule has 3 nitrogen and oxygen atoms in total. The minimum Gasteiger partial charge on any atom is -0.370 e. The van der Waals surface area contributed by atoms with Crippen molar-refractivity contribution < 1.29 is 0 Å². The van der Waals surface area contributed by atoms with Crippen LogP contribution in [0.4, 0.5) is 5.69 Å². The molecule has 2 heterocycles. The Labute approximate surface area is 130 Å². The van der Waals surface area contributed by atoms with Crippen molar-refractivity contribution in [1.29, 1.82) is 0 Å². The number of halogens is 1. The molecule has 0 saturated carbocycles. The first-order valence-electron chi connectivity index (χ1n) is 7.75. The van der Waals surface area contributed by atoms with Gasteiger partial charge < -0.3 is 10.6 Å². The highest BCUT2D eigenvalue weighted by Crippen LogP contribution is 2.29. The van der Waals surface area contributed by atoms with Gasteiger partial charge in [-0.2, -0.15) is 0 Å². The molecule has 1 unspecified atom stereocenters. The van der Waals surface area contributed by atoms with Crippen molar-refractivity contribution in [3.05, 3.63) is 28.2 Å². The van der Waals surface area contributed by atoms with Gasteiger partial charge in [0.25, 0.3) is 0 Å². The van der Waals surface area contributed by atoms with E-state index in [1.54, 1.807) is 0 Å². The van der Waals surface area contributed by atoms with Crippen molar-refractivity contribution in [3.63, 3.8) is 0 Å². The SMILES string of the molecule is NCCc1ccc(N2CCC(N3CCCC3)C2)cc1Br. The molecule has 0 radical (unpaired) electrons. The van der Waals surface area contributed by atoms with Crippen LogP contribution < -0.4 is 10.6 Å².